The van der Waals surface area contributed by atoms with Crippen molar-refractivity contribution in [2.75, 3.05) is 6.61 Å². The van der Waals surface area contributed by atoms with Gasteiger partial charge in [-0.1, -0.05) is 20.8 Å². The number of carbonyl (C=O) groups excluding carboxylic acids is 1. The molecule has 1 N–H and O–H groups in total. The van der Waals surface area contributed by atoms with Crippen LogP contribution in [0, 0.1) is 11.3 Å². The molecule has 1 heterocycles. The normalized spacial score (nSPS) is 42.1. The summed E-state index contributed by atoms with van der Waals surface area (Å²) in [5.41, 5.74) is 0.230. The van der Waals surface area contributed by atoms with Gasteiger partial charge in [0, 0.05) is 6.42 Å². The van der Waals surface area contributed by atoms with E-state index >= 15 is 0 Å². The van der Waals surface area contributed by atoms with Gasteiger partial charge in [-0.2, -0.15) is 0 Å². The van der Waals surface area contributed by atoms with Crippen molar-refractivity contribution in [2.24, 2.45) is 11.3 Å². The van der Waals surface area contributed by atoms with Crippen LogP contribution in [0.4, 0.5) is 4.79 Å². The first-order chi connectivity index (χ1) is 5.98. The zero-order valence-electron chi connectivity index (χ0n) is 8.52. The number of alkyl carbamates (subject to hydrolysis) is 1. The molecule has 2 aliphatic rings. The minimum Gasteiger partial charge on any atom is -0.449 e. The van der Waals surface area contributed by atoms with Crippen LogP contribution < -0.4 is 5.32 Å². The maximum atomic E-state index is 11.2. The van der Waals surface area contributed by atoms with Crippen molar-refractivity contribution in [3.8, 4) is 0 Å². The fourth-order valence-electron chi connectivity index (χ4n) is 3.12. The summed E-state index contributed by atoms with van der Waals surface area (Å²) in [7, 11) is 0. The Labute approximate surface area is 78.8 Å². The number of amides is 1. The summed E-state index contributed by atoms with van der Waals surface area (Å²) < 4.78 is 4.90. The predicted octanol–water partition coefficient (Wildman–Crippen LogP) is 1.92. The molecule has 1 saturated carbocycles. The molecule has 3 nitrogen and oxygen atoms in total. The molecule has 1 spiro atoms. The smallest absolute Gasteiger partial charge is 0.407 e. The van der Waals surface area contributed by atoms with Crippen molar-refractivity contribution in [3.63, 3.8) is 0 Å². The number of hydrogen-bond acceptors (Lipinski definition) is 2. The number of cyclic esters (lactones) is 1. The second-order valence-corrected chi connectivity index (χ2v) is 4.97. The topological polar surface area (TPSA) is 38.3 Å². The Morgan fingerprint density at radius 1 is 1.54 bits per heavy atom. The number of hydrogen-bond donors (Lipinski definition) is 1. The van der Waals surface area contributed by atoms with Crippen LogP contribution in [0.5, 0.6) is 0 Å². The molecule has 0 radical (unpaired) electrons. The van der Waals surface area contributed by atoms with Crippen molar-refractivity contribution in [1.82, 2.24) is 5.32 Å². The molecule has 0 aromatic rings. The van der Waals surface area contributed by atoms with Gasteiger partial charge in [0.25, 0.3) is 0 Å². The van der Waals surface area contributed by atoms with Crippen LogP contribution in [0.1, 0.15) is 33.6 Å². The highest BCUT2D eigenvalue weighted by atomic mass is 16.6. The molecule has 1 saturated heterocycles. The number of rotatable bonds is 0. The highest BCUT2D eigenvalue weighted by Crippen LogP contribution is 2.56. The molecule has 0 bridgehead atoms. The molecular formula is C10H17NO2. The SMILES string of the molecule is CC1CC(C)(C)C12CCOC(=O)N2. The lowest BCUT2D eigenvalue weighted by atomic mass is 9.49. The Kier molecular flexibility index (Phi) is 1.63. The minimum absolute atomic E-state index is 0.00231. The maximum absolute atomic E-state index is 11.2. The maximum Gasteiger partial charge on any atom is 0.407 e. The summed E-state index contributed by atoms with van der Waals surface area (Å²) in [5, 5.41) is 3.01. The minimum atomic E-state index is -0.245. The molecule has 74 valence electrons. The molecule has 1 aliphatic heterocycles. The van der Waals surface area contributed by atoms with Gasteiger partial charge < -0.3 is 10.1 Å². The number of ether oxygens (including phenoxy) is 1. The Balaban J connectivity index is 2.22. The van der Waals surface area contributed by atoms with Crippen molar-refractivity contribution in [2.45, 2.75) is 39.2 Å². The molecular weight excluding hydrogens is 166 g/mol. The summed E-state index contributed by atoms with van der Waals surface area (Å²) in [6.07, 6.45) is 1.89. The monoisotopic (exact) mass is 183 g/mol. The second kappa shape index (κ2) is 2.40. The average molecular weight is 183 g/mol. The highest BCUT2D eigenvalue weighted by molar-refractivity contribution is 5.69. The number of nitrogens with one attached hydrogen (secondary N) is 1. The molecule has 0 aromatic heterocycles. The van der Waals surface area contributed by atoms with Crippen molar-refractivity contribution in [1.29, 1.82) is 0 Å². The second-order valence-electron chi connectivity index (χ2n) is 4.97. The quantitative estimate of drug-likeness (QED) is 0.623. The van der Waals surface area contributed by atoms with Crippen LogP contribution in [0.3, 0.4) is 0 Å². The van der Waals surface area contributed by atoms with E-state index in [4.69, 9.17) is 4.74 Å². The summed E-state index contributed by atoms with van der Waals surface area (Å²) in [4.78, 5) is 11.2. The van der Waals surface area contributed by atoms with Crippen molar-refractivity contribution in [3.05, 3.63) is 0 Å². The predicted molar refractivity (Wildman–Crippen MR) is 49.4 cm³/mol. The third-order valence-electron chi connectivity index (χ3n) is 3.92. The molecule has 1 aliphatic carbocycles. The third-order valence-corrected chi connectivity index (χ3v) is 3.92. The zero-order valence-corrected chi connectivity index (χ0v) is 8.52. The third kappa shape index (κ3) is 0.990. The van der Waals surface area contributed by atoms with E-state index < -0.39 is 0 Å². The van der Waals surface area contributed by atoms with Crippen LogP contribution in [0.25, 0.3) is 0 Å². The van der Waals surface area contributed by atoms with Gasteiger partial charge in [-0.25, -0.2) is 4.79 Å². The van der Waals surface area contributed by atoms with Crippen LogP contribution in [-0.4, -0.2) is 18.2 Å². The first-order valence-electron chi connectivity index (χ1n) is 4.93. The van der Waals surface area contributed by atoms with Gasteiger partial charge in [0.05, 0.1) is 12.1 Å². The van der Waals surface area contributed by atoms with Gasteiger partial charge in [-0.3, -0.25) is 0 Å². The molecule has 2 rings (SSSR count). The first-order valence-corrected chi connectivity index (χ1v) is 4.93. The van der Waals surface area contributed by atoms with Gasteiger partial charge in [0.2, 0.25) is 0 Å². The molecule has 3 heteroatoms. The van der Waals surface area contributed by atoms with Gasteiger partial charge in [-0.15, -0.1) is 0 Å². The molecule has 13 heavy (non-hydrogen) atoms. The standard InChI is InChI=1S/C10H17NO2/c1-7-6-9(2,3)10(7)4-5-13-8(12)11-10/h7H,4-6H2,1-3H3,(H,11,12). The Morgan fingerprint density at radius 2 is 2.23 bits per heavy atom. The molecule has 0 aromatic carbocycles. The van der Waals surface area contributed by atoms with E-state index in [-0.39, 0.29) is 17.0 Å². The van der Waals surface area contributed by atoms with E-state index in [9.17, 15) is 4.79 Å². The van der Waals surface area contributed by atoms with Crippen LogP contribution >= 0.6 is 0 Å². The summed E-state index contributed by atoms with van der Waals surface area (Å²) in [6, 6.07) is 0. The van der Waals surface area contributed by atoms with Crippen molar-refractivity contribution < 1.29 is 9.53 Å². The van der Waals surface area contributed by atoms with E-state index in [0.717, 1.165) is 6.42 Å². The largest absolute Gasteiger partial charge is 0.449 e. The van der Waals surface area contributed by atoms with Crippen LogP contribution in [-0.2, 0) is 4.74 Å². The Hall–Kier alpha value is -0.730. The zero-order chi connectivity index (χ0) is 9.69. The summed E-state index contributed by atoms with van der Waals surface area (Å²) in [6.45, 7) is 7.22. The van der Waals surface area contributed by atoms with Gasteiger partial charge in [-0.05, 0) is 17.8 Å². The number of carbonyl (C=O) groups is 1. The van der Waals surface area contributed by atoms with Gasteiger partial charge >= 0.3 is 6.09 Å². The highest BCUT2D eigenvalue weighted by Gasteiger charge is 2.60. The lowest BCUT2D eigenvalue weighted by Crippen LogP contribution is -2.72. The van der Waals surface area contributed by atoms with E-state index in [2.05, 4.69) is 26.1 Å². The lowest BCUT2D eigenvalue weighted by Gasteiger charge is -2.62. The molecule has 2 unspecified atom stereocenters. The van der Waals surface area contributed by atoms with E-state index in [1.807, 2.05) is 0 Å². The fourth-order valence-corrected chi connectivity index (χ4v) is 3.12. The molecule has 2 atom stereocenters. The summed E-state index contributed by atoms with van der Waals surface area (Å²) in [5.74, 6) is 0.579. The van der Waals surface area contributed by atoms with Gasteiger partial charge in [0.1, 0.15) is 0 Å². The van der Waals surface area contributed by atoms with E-state index in [1.54, 1.807) is 0 Å². The Morgan fingerprint density at radius 3 is 2.62 bits per heavy atom. The van der Waals surface area contributed by atoms with E-state index in [1.165, 1.54) is 6.42 Å². The van der Waals surface area contributed by atoms with E-state index in [0.29, 0.717) is 12.5 Å². The molecule has 1 amide bonds. The van der Waals surface area contributed by atoms with Crippen LogP contribution in [0.2, 0.25) is 0 Å². The Bertz CT molecular complexity index is 249. The van der Waals surface area contributed by atoms with Crippen LogP contribution in [0.15, 0.2) is 0 Å². The lowest BCUT2D eigenvalue weighted by molar-refractivity contribution is -0.0913. The molecule has 2 fully saturated rings. The average Bonchev–Trinajstić information content (AvgIpc) is 2.03. The fraction of sp³-hybridized carbons (Fsp3) is 0.900. The summed E-state index contributed by atoms with van der Waals surface area (Å²) >= 11 is 0. The van der Waals surface area contributed by atoms with Crippen molar-refractivity contribution >= 4 is 6.09 Å². The first kappa shape index (κ1) is 8.85. The van der Waals surface area contributed by atoms with Gasteiger partial charge in [0.15, 0.2) is 0 Å².